The van der Waals surface area contributed by atoms with Crippen LogP contribution in [0.5, 0.6) is 0 Å². The smallest absolute Gasteiger partial charge is 0.248 e. The maximum atomic E-state index is 12.0. The summed E-state index contributed by atoms with van der Waals surface area (Å²) in [4.78, 5) is 40.2. The minimum absolute atomic E-state index is 0.0592. The predicted octanol–water partition coefficient (Wildman–Crippen LogP) is 1.79. The van der Waals surface area contributed by atoms with E-state index in [1.807, 2.05) is 18.7 Å². The second kappa shape index (κ2) is 9.33. The maximum absolute atomic E-state index is 12.0. The second-order valence-electron chi connectivity index (χ2n) is 8.35. The molecule has 12 nitrogen and oxygen atoms in total. The van der Waals surface area contributed by atoms with Gasteiger partial charge in [-0.3, -0.25) is 9.59 Å². The Labute approximate surface area is 197 Å². The molecule has 0 aliphatic carbocycles. The molecule has 1 fully saturated rings. The standard InChI is InChI=1S/C22H28N10O2/c1-13-10-30(11-14(2)31(13)16(4)34)19-9-20(25-12-24-19)32-21(23)28-22(29-32)27-18-7-5-17(6-8-18)26-15(3)33/h5-9,12-14H,10-11H2,1-4H3,(H,26,33)(H3,23,27,28,29)/t13-,14+. The van der Waals surface area contributed by atoms with Gasteiger partial charge in [-0.1, -0.05) is 0 Å². The first-order chi connectivity index (χ1) is 16.2. The van der Waals surface area contributed by atoms with E-state index in [0.29, 0.717) is 30.5 Å². The summed E-state index contributed by atoms with van der Waals surface area (Å²) in [5.41, 5.74) is 7.54. The van der Waals surface area contributed by atoms with Crippen LogP contribution in [0.1, 0.15) is 27.7 Å². The molecule has 3 heterocycles. The molecule has 4 N–H and O–H groups in total. The van der Waals surface area contributed by atoms with E-state index in [0.717, 1.165) is 11.5 Å². The van der Waals surface area contributed by atoms with Crippen LogP contribution in [0, 0.1) is 0 Å². The fourth-order valence-electron chi connectivity index (χ4n) is 4.27. The van der Waals surface area contributed by atoms with Crippen LogP contribution in [0.3, 0.4) is 0 Å². The van der Waals surface area contributed by atoms with E-state index >= 15 is 0 Å². The minimum Gasteiger partial charge on any atom is -0.368 e. The number of nitrogens with zero attached hydrogens (tertiary/aromatic N) is 7. The van der Waals surface area contributed by atoms with Gasteiger partial charge in [0.2, 0.25) is 23.7 Å². The van der Waals surface area contributed by atoms with Crippen LogP contribution < -0.4 is 21.3 Å². The third-order valence-corrected chi connectivity index (χ3v) is 5.56. The summed E-state index contributed by atoms with van der Waals surface area (Å²) in [7, 11) is 0. The number of hydrogen-bond donors (Lipinski definition) is 3. The van der Waals surface area contributed by atoms with Gasteiger partial charge < -0.3 is 26.2 Å². The molecule has 2 aromatic heterocycles. The molecule has 34 heavy (non-hydrogen) atoms. The third kappa shape index (κ3) is 4.90. The van der Waals surface area contributed by atoms with Crippen molar-refractivity contribution < 1.29 is 9.59 Å². The largest absolute Gasteiger partial charge is 0.368 e. The maximum Gasteiger partial charge on any atom is 0.248 e. The lowest BCUT2D eigenvalue weighted by Crippen LogP contribution is -2.58. The van der Waals surface area contributed by atoms with Crippen LogP contribution in [0.15, 0.2) is 36.7 Å². The Morgan fingerprint density at radius 3 is 2.24 bits per heavy atom. The summed E-state index contributed by atoms with van der Waals surface area (Å²) in [5.74, 6) is 1.63. The first-order valence-electron chi connectivity index (χ1n) is 10.9. The molecule has 2 amide bonds. The van der Waals surface area contributed by atoms with Crippen molar-refractivity contribution >= 4 is 40.9 Å². The zero-order valence-corrected chi connectivity index (χ0v) is 19.6. The highest BCUT2D eigenvalue weighted by atomic mass is 16.2. The highest BCUT2D eigenvalue weighted by Gasteiger charge is 2.31. The lowest BCUT2D eigenvalue weighted by atomic mass is 10.1. The molecule has 178 valence electrons. The van der Waals surface area contributed by atoms with Crippen LogP contribution in [-0.2, 0) is 9.59 Å². The zero-order valence-electron chi connectivity index (χ0n) is 19.6. The first kappa shape index (κ1) is 23.0. The number of nitrogens with two attached hydrogens (primary N) is 1. The van der Waals surface area contributed by atoms with Crippen LogP contribution >= 0.6 is 0 Å². The lowest BCUT2D eigenvalue weighted by molar-refractivity contribution is -0.133. The highest BCUT2D eigenvalue weighted by molar-refractivity contribution is 5.88. The molecule has 2 atom stereocenters. The summed E-state index contributed by atoms with van der Waals surface area (Å²) >= 11 is 0. The van der Waals surface area contributed by atoms with Gasteiger partial charge in [0.25, 0.3) is 0 Å². The summed E-state index contributed by atoms with van der Waals surface area (Å²) in [6.07, 6.45) is 1.46. The van der Waals surface area contributed by atoms with Crippen LogP contribution in [0.4, 0.5) is 29.1 Å². The van der Waals surface area contributed by atoms with E-state index in [2.05, 4.69) is 35.6 Å². The fourth-order valence-corrected chi connectivity index (χ4v) is 4.27. The molecule has 12 heteroatoms. The van der Waals surface area contributed by atoms with Gasteiger partial charge in [0, 0.05) is 56.5 Å². The van der Waals surface area contributed by atoms with E-state index in [4.69, 9.17) is 5.73 Å². The first-order valence-corrected chi connectivity index (χ1v) is 10.9. The number of benzene rings is 1. The van der Waals surface area contributed by atoms with Gasteiger partial charge in [-0.15, -0.1) is 5.10 Å². The number of hydrogen-bond acceptors (Lipinski definition) is 9. The third-order valence-electron chi connectivity index (χ3n) is 5.56. The van der Waals surface area contributed by atoms with E-state index in [9.17, 15) is 9.59 Å². The lowest BCUT2D eigenvalue weighted by Gasteiger charge is -2.44. The quantitative estimate of drug-likeness (QED) is 0.514. The molecule has 0 spiro atoms. The number of nitrogens with one attached hydrogen (secondary N) is 2. The Morgan fingerprint density at radius 1 is 1.00 bits per heavy atom. The van der Waals surface area contributed by atoms with Crippen LogP contribution in [0.2, 0.25) is 0 Å². The Morgan fingerprint density at radius 2 is 1.62 bits per heavy atom. The van der Waals surface area contributed by atoms with Crippen molar-refractivity contribution in [2.45, 2.75) is 39.8 Å². The molecule has 0 saturated carbocycles. The van der Waals surface area contributed by atoms with Gasteiger partial charge in [0.15, 0.2) is 5.82 Å². The van der Waals surface area contributed by atoms with Gasteiger partial charge in [0.1, 0.15) is 12.1 Å². The normalized spacial score (nSPS) is 18.0. The average Bonchev–Trinajstić information content (AvgIpc) is 3.14. The van der Waals surface area contributed by atoms with Gasteiger partial charge in [-0.25, -0.2) is 9.97 Å². The van der Waals surface area contributed by atoms with Gasteiger partial charge in [0.05, 0.1) is 0 Å². The van der Waals surface area contributed by atoms with Crippen molar-refractivity contribution in [3.63, 3.8) is 0 Å². The predicted molar refractivity (Wildman–Crippen MR) is 129 cm³/mol. The average molecular weight is 465 g/mol. The zero-order chi connectivity index (χ0) is 24.4. The molecule has 1 aliphatic heterocycles. The van der Waals surface area contributed by atoms with Crippen LogP contribution in [-0.4, -0.2) is 66.6 Å². The SMILES string of the molecule is CC(=O)Nc1ccc(Nc2nc(N)n(-c3cc(N4C[C@@H](C)N(C(C)=O)[C@@H](C)C4)ncn3)n2)cc1. The Hall–Kier alpha value is -4.22. The fraction of sp³-hybridized carbons (Fsp3) is 0.364. The monoisotopic (exact) mass is 464 g/mol. The molecule has 0 unspecified atom stereocenters. The summed E-state index contributed by atoms with van der Waals surface area (Å²) in [6.45, 7) is 8.44. The molecule has 1 saturated heterocycles. The van der Waals surface area contributed by atoms with Crippen molar-refractivity contribution in [3.05, 3.63) is 36.7 Å². The van der Waals surface area contributed by atoms with E-state index in [1.54, 1.807) is 37.3 Å². The number of carbonyl (C=O) groups excluding carboxylic acids is 2. The minimum atomic E-state index is -0.136. The van der Waals surface area contributed by atoms with E-state index < -0.39 is 0 Å². The number of rotatable bonds is 5. The number of piperazine rings is 1. The Bertz CT molecular complexity index is 1180. The summed E-state index contributed by atoms with van der Waals surface area (Å²) in [5, 5.41) is 10.2. The molecular weight excluding hydrogens is 436 g/mol. The van der Waals surface area contributed by atoms with Gasteiger partial charge in [-0.2, -0.15) is 9.67 Å². The van der Waals surface area contributed by atoms with E-state index in [1.165, 1.54) is 17.9 Å². The van der Waals surface area contributed by atoms with Gasteiger partial charge in [-0.05, 0) is 38.1 Å². The molecule has 0 bridgehead atoms. The number of carbonyl (C=O) groups is 2. The Kier molecular flexibility index (Phi) is 6.30. The summed E-state index contributed by atoms with van der Waals surface area (Å²) in [6, 6.07) is 9.07. The van der Waals surface area contributed by atoms with Crippen molar-refractivity contribution in [3.8, 4) is 5.82 Å². The van der Waals surface area contributed by atoms with Crippen LogP contribution in [0.25, 0.3) is 5.82 Å². The van der Waals surface area contributed by atoms with Crippen molar-refractivity contribution in [2.75, 3.05) is 34.4 Å². The second-order valence-corrected chi connectivity index (χ2v) is 8.35. The topological polar surface area (TPSA) is 147 Å². The number of nitrogen functional groups attached to an aromatic ring is 1. The molecule has 3 aromatic rings. The van der Waals surface area contributed by atoms with Crippen molar-refractivity contribution in [1.82, 2.24) is 29.6 Å². The Balaban J connectivity index is 1.51. The molecule has 1 aromatic carbocycles. The molecule has 0 radical (unpaired) electrons. The summed E-state index contributed by atoms with van der Waals surface area (Å²) < 4.78 is 1.44. The van der Waals surface area contributed by atoms with Gasteiger partial charge >= 0.3 is 0 Å². The highest BCUT2D eigenvalue weighted by Crippen LogP contribution is 2.23. The van der Waals surface area contributed by atoms with Crippen molar-refractivity contribution in [1.29, 1.82) is 0 Å². The van der Waals surface area contributed by atoms with Crippen molar-refractivity contribution in [2.24, 2.45) is 0 Å². The number of amides is 2. The number of aromatic nitrogens is 5. The molecule has 4 rings (SSSR count). The molecular formula is C22H28N10O2. The molecule has 1 aliphatic rings. The van der Waals surface area contributed by atoms with E-state index in [-0.39, 0.29) is 29.8 Å². The number of anilines is 5.